The van der Waals surface area contributed by atoms with Gasteiger partial charge in [-0.05, 0) is 77.4 Å². The molecule has 0 radical (unpaired) electrons. The number of nitrogens with one attached hydrogen (secondary N) is 1. The maximum Gasteiger partial charge on any atom is 0.259 e. The number of carbonyl (C=O) groups is 1. The molecule has 184 valence electrons. The highest BCUT2D eigenvalue weighted by molar-refractivity contribution is 7.16. The Balaban J connectivity index is 1.52. The third-order valence-corrected chi connectivity index (χ3v) is 8.35. The standard InChI is InChI=1S/C31H32N2O2S/c1-31(2,3)22-14-17-25-27(18-22)36-30(32-19-20-12-15-23(35-4)16-13-20)28(25)29(34)33-26-11-7-9-21-8-5-6-10-24(21)26/h5-13,15-16,19,22H,14,17-18H2,1-4H3,(H,33,34)/t22-/m0/s1. The molecule has 1 atom stereocenters. The second-order valence-electron chi connectivity index (χ2n) is 10.5. The monoisotopic (exact) mass is 496 g/mol. The molecule has 0 saturated heterocycles. The molecule has 1 aromatic heterocycles. The summed E-state index contributed by atoms with van der Waals surface area (Å²) in [4.78, 5) is 19.9. The van der Waals surface area contributed by atoms with Crippen molar-refractivity contribution in [3.8, 4) is 5.75 Å². The highest BCUT2D eigenvalue weighted by Gasteiger charge is 2.33. The topological polar surface area (TPSA) is 50.7 Å². The fourth-order valence-corrected chi connectivity index (χ4v) is 6.25. The van der Waals surface area contributed by atoms with Gasteiger partial charge >= 0.3 is 0 Å². The van der Waals surface area contributed by atoms with Crippen molar-refractivity contribution in [2.45, 2.75) is 40.0 Å². The van der Waals surface area contributed by atoms with Crippen LogP contribution in [0.1, 0.15) is 53.6 Å². The number of carbonyl (C=O) groups excluding carboxylic acids is 1. The summed E-state index contributed by atoms with van der Waals surface area (Å²) in [6, 6.07) is 21.9. The van der Waals surface area contributed by atoms with E-state index in [1.165, 1.54) is 10.4 Å². The first-order valence-corrected chi connectivity index (χ1v) is 13.3. The first-order chi connectivity index (χ1) is 17.3. The number of fused-ring (bicyclic) bond motifs is 2. The number of anilines is 1. The molecule has 0 saturated carbocycles. The highest BCUT2D eigenvalue weighted by atomic mass is 32.1. The number of amides is 1. The quantitative estimate of drug-likeness (QED) is 0.284. The van der Waals surface area contributed by atoms with E-state index in [-0.39, 0.29) is 11.3 Å². The zero-order chi connectivity index (χ0) is 25.3. The molecule has 0 spiro atoms. The van der Waals surface area contributed by atoms with Crippen LogP contribution in [-0.4, -0.2) is 19.2 Å². The maximum atomic E-state index is 13.8. The van der Waals surface area contributed by atoms with Gasteiger partial charge in [-0.1, -0.05) is 57.2 Å². The first-order valence-electron chi connectivity index (χ1n) is 12.5. The van der Waals surface area contributed by atoms with Crippen LogP contribution in [0.15, 0.2) is 71.7 Å². The van der Waals surface area contributed by atoms with Gasteiger partial charge in [0.25, 0.3) is 5.91 Å². The van der Waals surface area contributed by atoms with Crippen molar-refractivity contribution in [1.82, 2.24) is 0 Å². The number of ether oxygens (including phenoxy) is 1. The summed E-state index contributed by atoms with van der Waals surface area (Å²) in [6.07, 6.45) is 4.83. The van der Waals surface area contributed by atoms with Crippen molar-refractivity contribution in [2.75, 3.05) is 12.4 Å². The predicted octanol–water partition coefficient (Wildman–Crippen LogP) is 8.06. The van der Waals surface area contributed by atoms with Crippen LogP contribution in [0.3, 0.4) is 0 Å². The average Bonchev–Trinajstić information content (AvgIpc) is 3.25. The molecule has 0 aliphatic heterocycles. The van der Waals surface area contributed by atoms with Crippen LogP contribution in [0, 0.1) is 11.3 Å². The number of methoxy groups -OCH3 is 1. The van der Waals surface area contributed by atoms with E-state index >= 15 is 0 Å². The second-order valence-corrected chi connectivity index (χ2v) is 11.6. The Morgan fingerprint density at radius 3 is 2.56 bits per heavy atom. The van der Waals surface area contributed by atoms with Gasteiger partial charge in [-0.15, -0.1) is 11.3 Å². The molecule has 0 bridgehead atoms. The Kier molecular flexibility index (Phi) is 6.67. The van der Waals surface area contributed by atoms with Crippen molar-refractivity contribution in [2.24, 2.45) is 16.3 Å². The molecule has 4 aromatic rings. The summed E-state index contributed by atoms with van der Waals surface area (Å²) < 4.78 is 5.27. The minimum Gasteiger partial charge on any atom is -0.497 e. The minimum absolute atomic E-state index is 0.0834. The van der Waals surface area contributed by atoms with E-state index in [4.69, 9.17) is 9.73 Å². The zero-order valence-electron chi connectivity index (χ0n) is 21.3. The van der Waals surface area contributed by atoms with Crippen molar-refractivity contribution >= 4 is 44.9 Å². The Bertz CT molecular complexity index is 1420. The van der Waals surface area contributed by atoms with E-state index in [9.17, 15) is 4.79 Å². The average molecular weight is 497 g/mol. The second kappa shape index (κ2) is 9.90. The van der Waals surface area contributed by atoms with Gasteiger partial charge in [-0.3, -0.25) is 4.79 Å². The third kappa shape index (κ3) is 4.93. The highest BCUT2D eigenvalue weighted by Crippen LogP contribution is 2.45. The van der Waals surface area contributed by atoms with Crippen LogP contribution >= 0.6 is 11.3 Å². The summed E-state index contributed by atoms with van der Waals surface area (Å²) in [5.41, 5.74) is 3.92. The molecule has 1 aliphatic rings. The Morgan fingerprint density at radius 1 is 1.06 bits per heavy atom. The van der Waals surface area contributed by atoms with Crippen LogP contribution in [0.4, 0.5) is 10.7 Å². The van der Waals surface area contributed by atoms with Crippen LogP contribution in [-0.2, 0) is 12.8 Å². The number of hydrogen-bond acceptors (Lipinski definition) is 4. The lowest BCUT2D eigenvalue weighted by atomic mass is 9.72. The molecule has 36 heavy (non-hydrogen) atoms. The van der Waals surface area contributed by atoms with Crippen LogP contribution < -0.4 is 10.1 Å². The number of benzene rings is 3. The number of nitrogens with zero attached hydrogens (tertiary/aromatic N) is 1. The summed E-state index contributed by atoms with van der Waals surface area (Å²) in [7, 11) is 1.66. The van der Waals surface area contributed by atoms with Gasteiger partial charge in [0.2, 0.25) is 0 Å². The minimum atomic E-state index is -0.0834. The van der Waals surface area contributed by atoms with E-state index in [1.54, 1.807) is 18.4 Å². The van der Waals surface area contributed by atoms with Crippen molar-refractivity contribution < 1.29 is 9.53 Å². The molecule has 1 amide bonds. The van der Waals surface area contributed by atoms with Gasteiger partial charge in [0, 0.05) is 22.2 Å². The van der Waals surface area contributed by atoms with Crippen molar-refractivity contribution in [1.29, 1.82) is 0 Å². The number of hydrogen-bond donors (Lipinski definition) is 1. The molecular weight excluding hydrogens is 464 g/mol. The van der Waals surface area contributed by atoms with E-state index in [0.717, 1.165) is 57.6 Å². The Morgan fingerprint density at radius 2 is 1.81 bits per heavy atom. The number of rotatable bonds is 5. The Hall–Kier alpha value is -3.44. The van der Waals surface area contributed by atoms with Gasteiger partial charge < -0.3 is 10.1 Å². The number of aliphatic imine (C=N–C) groups is 1. The van der Waals surface area contributed by atoms with Gasteiger partial charge in [-0.25, -0.2) is 4.99 Å². The molecule has 1 heterocycles. The maximum absolute atomic E-state index is 13.8. The lowest BCUT2D eigenvalue weighted by Gasteiger charge is -2.33. The van der Waals surface area contributed by atoms with Crippen molar-refractivity contribution in [3.05, 3.63) is 88.3 Å². The van der Waals surface area contributed by atoms with Gasteiger partial charge in [0.1, 0.15) is 10.8 Å². The van der Waals surface area contributed by atoms with Crippen LogP contribution in [0.2, 0.25) is 0 Å². The molecule has 0 unspecified atom stereocenters. The van der Waals surface area contributed by atoms with Crippen molar-refractivity contribution in [3.63, 3.8) is 0 Å². The lowest BCUT2D eigenvalue weighted by Crippen LogP contribution is -2.27. The zero-order valence-corrected chi connectivity index (χ0v) is 22.1. The molecule has 0 fully saturated rings. The SMILES string of the molecule is COc1ccc(C=Nc2sc3c(c2C(=O)Nc2cccc4ccccc24)CC[C@H](C(C)(C)C)C3)cc1. The predicted molar refractivity (Wildman–Crippen MR) is 151 cm³/mol. The van der Waals surface area contributed by atoms with E-state index in [2.05, 4.69) is 38.2 Å². The number of thiophene rings is 1. The first kappa shape index (κ1) is 24.3. The molecule has 5 rings (SSSR count). The van der Waals surface area contributed by atoms with Gasteiger partial charge in [0.05, 0.1) is 12.7 Å². The van der Waals surface area contributed by atoms with E-state index in [0.29, 0.717) is 5.92 Å². The van der Waals surface area contributed by atoms with Crippen LogP contribution in [0.25, 0.3) is 10.8 Å². The van der Waals surface area contributed by atoms with E-state index in [1.807, 2.05) is 60.8 Å². The normalized spacial score (nSPS) is 15.7. The fraction of sp³-hybridized carbons (Fsp3) is 0.290. The third-order valence-electron chi connectivity index (χ3n) is 7.18. The summed E-state index contributed by atoms with van der Waals surface area (Å²) >= 11 is 1.67. The lowest BCUT2D eigenvalue weighted by molar-refractivity contribution is 0.102. The van der Waals surface area contributed by atoms with Crippen LogP contribution in [0.5, 0.6) is 5.75 Å². The van der Waals surface area contributed by atoms with Gasteiger partial charge in [-0.2, -0.15) is 0 Å². The molecule has 1 N–H and O–H groups in total. The molecule has 1 aliphatic carbocycles. The summed E-state index contributed by atoms with van der Waals surface area (Å²) in [6.45, 7) is 6.94. The molecule has 4 nitrogen and oxygen atoms in total. The Labute approximate surface area is 217 Å². The smallest absolute Gasteiger partial charge is 0.259 e. The summed E-state index contributed by atoms with van der Waals surface area (Å²) in [5.74, 6) is 1.32. The summed E-state index contributed by atoms with van der Waals surface area (Å²) in [5, 5.41) is 6.13. The molecule has 5 heteroatoms. The van der Waals surface area contributed by atoms with Gasteiger partial charge in [0.15, 0.2) is 0 Å². The fourth-order valence-electron chi connectivity index (χ4n) is 4.98. The van der Waals surface area contributed by atoms with E-state index < -0.39 is 0 Å². The largest absolute Gasteiger partial charge is 0.497 e. The molecular formula is C31H32N2O2S. The molecule has 3 aromatic carbocycles.